The second kappa shape index (κ2) is 8.24. The summed E-state index contributed by atoms with van der Waals surface area (Å²) >= 11 is 0. The highest BCUT2D eigenvalue weighted by atomic mass is 35.5. The van der Waals surface area contributed by atoms with Gasteiger partial charge < -0.3 is 32.5 Å². The van der Waals surface area contributed by atoms with E-state index in [-0.39, 0.29) is 41.8 Å². The first-order valence-corrected chi connectivity index (χ1v) is 6.87. The smallest absolute Gasteiger partial charge is 0.341 e. The van der Waals surface area contributed by atoms with E-state index >= 15 is 0 Å². The number of nitrogens with zero attached hydrogens (tertiary/aromatic N) is 1. The summed E-state index contributed by atoms with van der Waals surface area (Å²) in [6.45, 7) is 2.39. The van der Waals surface area contributed by atoms with Gasteiger partial charge in [-0.25, -0.2) is 4.79 Å². The SMILES string of the molecule is Cc1c(O)c(O)cc[n+]1CCCOC(=O)c1ccccc1O.[Cl-]. The Hall–Kier alpha value is -2.47. The third kappa shape index (κ3) is 4.50. The monoisotopic (exact) mass is 339 g/mol. The molecular formula is C16H18ClNO5. The standard InChI is InChI=1S/C16H17NO5.ClH/c1-11-15(20)14(19)7-9-17(11)8-4-10-22-16(21)12-5-2-3-6-13(12)18;/h2-3,5-7,9H,4,8,10H2,1H3,(H2,18,20,21);1H. The molecule has 0 bridgehead atoms. The van der Waals surface area contributed by atoms with Crippen LogP contribution in [0.25, 0.3) is 0 Å². The van der Waals surface area contributed by atoms with Crippen LogP contribution in [-0.4, -0.2) is 27.9 Å². The fourth-order valence-corrected chi connectivity index (χ4v) is 2.04. The lowest BCUT2D eigenvalue weighted by Gasteiger charge is -2.06. The number of carbonyl (C=O) groups is 1. The molecule has 0 aliphatic rings. The van der Waals surface area contributed by atoms with Gasteiger partial charge in [0.15, 0.2) is 18.5 Å². The Morgan fingerprint density at radius 1 is 1.13 bits per heavy atom. The molecule has 1 aromatic carbocycles. The Labute approximate surface area is 140 Å². The summed E-state index contributed by atoms with van der Waals surface area (Å²) in [7, 11) is 0. The van der Waals surface area contributed by atoms with Gasteiger partial charge in [-0.05, 0) is 12.1 Å². The fourth-order valence-electron chi connectivity index (χ4n) is 2.04. The van der Waals surface area contributed by atoms with Gasteiger partial charge in [-0.2, -0.15) is 4.57 Å². The van der Waals surface area contributed by atoms with Crippen LogP contribution < -0.4 is 17.0 Å². The number of benzene rings is 1. The van der Waals surface area contributed by atoms with Gasteiger partial charge in [-0.3, -0.25) is 0 Å². The molecule has 0 spiro atoms. The summed E-state index contributed by atoms with van der Waals surface area (Å²) < 4.78 is 6.85. The van der Waals surface area contributed by atoms with Crippen LogP contribution in [0.1, 0.15) is 22.5 Å². The van der Waals surface area contributed by atoms with E-state index in [1.807, 2.05) is 0 Å². The zero-order chi connectivity index (χ0) is 16.1. The molecule has 0 saturated carbocycles. The van der Waals surface area contributed by atoms with E-state index in [1.165, 1.54) is 18.2 Å². The van der Waals surface area contributed by atoms with Crippen LogP contribution in [0, 0.1) is 6.92 Å². The third-order valence-electron chi connectivity index (χ3n) is 3.33. The van der Waals surface area contributed by atoms with E-state index in [0.29, 0.717) is 18.7 Å². The van der Waals surface area contributed by atoms with E-state index in [9.17, 15) is 20.1 Å². The highest BCUT2D eigenvalue weighted by molar-refractivity contribution is 5.92. The predicted molar refractivity (Wildman–Crippen MR) is 77.7 cm³/mol. The Kier molecular flexibility index (Phi) is 6.65. The second-order valence-electron chi connectivity index (χ2n) is 4.84. The van der Waals surface area contributed by atoms with Gasteiger partial charge in [0.25, 0.3) is 0 Å². The van der Waals surface area contributed by atoms with Crippen molar-refractivity contribution < 1.29 is 41.8 Å². The molecule has 0 saturated heterocycles. The van der Waals surface area contributed by atoms with E-state index in [1.54, 1.807) is 29.8 Å². The van der Waals surface area contributed by atoms with Crippen LogP contribution in [0.15, 0.2) is 36.5 Å². The lowest BCUT2D eigenvalue weighted by molar-refractivity contribution is -0.703. The van der Waals surface area contributed by atoms with Gasteiger partial charge >= 0.3 is 5.97 Å². The lowest BCUT2D eigenvalue weighted by Crippen LogP contribution is -3.00. The molecule has 0 radical (unpaired) electrons. The van der Waals surface area contributed by atoms with Crippen LogP contribution in [-0.2, 0) is 11.3 Å². The number of para-hydroxylation sites is 1. The third-order valence-corrected chi connectivity index (χ3v) is 3.33. The van der Waals surface area contributed by atoms with Crippen LogP contribution in [0.4, 0.5) is 0 Å². The summed E-state index contributed by atoms with van der Waals surface area (Å²) in [5.74, 6) is -1.01. The number of aryl methyl sites for hydroxylation is 1. The van der Waals surface area contributed by atoms with Gasteiger partial charge in [-0.1, -0.05) is 12.1 Å². The number of esters is 1. The molecule has 0 atom stereocenters. The summed E-state index contributed by atoms with van der Waals surface area (Å²) in [6.07, 6.45) is 2.18. The second-order valence-corrected chi connectivity index (χ2v) is 4.84. The quantitative estimate of drug-likeness (QED) is 0.356. The van der Waals surface area contributed by atoms with E-state index < -0.39 is 5.97 Å². The first-order valence-electron chi connectivity index (χ1n) is 6.87. The number of ether oxygens (including phenoxy) is 1. The topological polar surface area (TPSA) is 90.9 Å². The molecule has 6 nitrogen and oxygen atoms in total. The van der Waals surface area contributed by atoms with Crippen LogP contribution in [0.5, 0.6) is 17.2 Å². The van der Waals surface area contributed by atoms with Crippen molar-refractivity contribution in [2.24, 2.45) is 0 Å². The molecule has 0 aliphatic carbocycles. The predicted octanol–water partition coefficient (Wildman–Crippen LogP) is -1.35. The van der Waals surface area contributed by atoms with Crippen molar-refractivity contribution in [2.45, 2.75) is 19.9 Å². The number of halogens is 1. The minimum atomic E-state index is -0.576. The molecule has 0 fully saturated rings. The first kappa shape index (κ1) is 18.6. The summed E-state index contributed by atoms with van der Waals surface area (Å²) in [5, 5.41) is 28.5. The van der Waals surface area contributed by atoms with Crippen molar-refractivity contribution in [3.05, 3.63) is 47.8 Å². The van der Waals surface area contributed by atoms with Gasteiger partial charge in [0.05, 0.1) is 6.61 Å². The van der Waals surface area contributed by atoms with Crippen molar-refractivity contribution in [2.75, 3.05) is 6.61 Å². The average Bonchev–Trinajstić information content (AvgIpc) is 2.51. The number of pyridine rings is 1. The zero-order valence-electron chi connectivity index (χ0n) is 12.6. The molecule has 1 aromatic heterocycles. The highest BCUT2D eigenvalue weighted by Gasteiger charge is 2.15. The minimum Gasteiger partial charge on any atom is -1.00 e. The summed E-state index contributed by atoms with van der Waals surface area (Å²) in [4.78, 5) is 11.8. The van der Waals surface area contributed by atoms with E-state index in [0.717, 1.165) is 0 Å². The van der Waals surface area contributed by atoms with Gasteiger partial charge in [-0.15, -0.1) is 0 Å². The zero-order valence-corrected chi connectivity index (χ0v) is 13.3. The Bertz CT molecular complexity index is 690. The number of hydrogen-bond acceptors (Lipinski definition) is 5. The maximum Gasteiger partial charge on any atom is 0.341 e. The molecule has 0 unspecified atom stereocenters. The molecule has 7 heteroatoms. The Morgan fingerprint density at radius 2 is 1.83 bits per heavy atom. The minimum absolute atomic E-state index is 0. The number of aromatic nitrogens is 1. The number of hydrogen-bond donors (Lipinski definition) is 3. The van der Waals surface area contributed by atoms with E-state index in [4.69, 9.17) is 4.74 Å². The van der Waals surface area contributed by atoms with Crippen molar-refractivity contribution in [3.8, 4) is 17.2 Å². The first-order chi connectivity index (χ1) is 10.5. The average molecular weight is 340 g/mol. The van der Waals surface area contributed by atoms with Crippen molar-refractivity contribution in [3.63, 3.8) is 0 Å². The Balaban J connectivity index is 0.00000264. The normalized spacial score (nSPS) is 9.96. The molecule has 2 aromatic rings. The van der Waals surface area contributed by atoms with Crippen LogP contribution in [0.2, 0.25) is 0 Å². The molecule has 0 aliphatic heterocycles. The van der Waals surface area contributed by atoms with Crippen molar-refractivity contribution in [1.29, 1.82) is 0 Å². The van der Waals surface area contributed by atoms with E-state index in [2.05, 4.69) is 0 Å². The fraction of sp³-hybridized carbons (Fsp3) is 0.250. The van der Waals surface area contributed by atoms with Gasteiger partial charge in [0.2, 0.25) is 11.4 Å². The molecule has 1 heterocycles. The molecule has 3 N–H and O–H groups in total. The highest BCUT2D eigenvalue weighted by Crippen LogP contribution is 2.24. The molecule has 23 heavy (non-hydrogen) atoms. The van der Waals surface area contributed by atoms with Crippen molar-refractivity contribution in [1.82, 2.24) is 0 Å². The summed E-state index contributed by atoms with van der Waals surface area (Å²) in [6, 6.07) is 7.59. The number of aromatic hydroxyl groups is 3. The van der Waals surface area contributed by atoms with Crippen LogP contribution >= 0.6 is 0 Å². The maximum absolute atomic E-state index is 11.8. The lowest BCUT2D eigenvalue weighted by atomic mass is 10.2. The largest absolute Gasteiger partial charge is 1.00 e. The number of carbonyl (C=O) groups excluding carboxylic acids is 1. The van der Waals surface area contributed by atoms with Crippen LogP contribution in [0.3, 0.4) is 0 Å². The van der Waals surface area contributed by atoms with Crippen molar-refractivity contribution >= 4 is 5.97 Å². The number of rotatable bonds is 5. The van der Waals surface area contributed by atoms with Gasteiger partial charge in [0, 0.05) is 19.4 Å². The molecule has 124 valence electrons. The molecular weight excluding hydrogens is 322 g/mol. The Morgan fingerprint density at radius 3 is 2.52 bits per heavy atom. The molecule has 2 rings (SSSR count). The number of phenolic OH excluding ortho intramolecular Hbond substituents is 1. The number of phenols is 1. The van der Waals surface area contributed by atoms with Gasteiger partial charge in [0.1, 0.15) is 11.3 Å². The molecule has 0 amide bonds. The summed E-state index contributed by atoms with van der Waals surface area (Å²) in [5.41, 5.74) is 0.667. The maximum atomic E-state index is 11.8.